The summed E-state index contributed by atoms with van der Waals surface area (Å²) >= 11 is 0. The Hall–Kier alpha value is -2.21. The van der Waals surface area contributed by atoms with E-state index in [0.717, 1.165) is 56.1 Å². The van der Waals surface area contributed by atoms with E-state index in [1.54, 1.807) is 12.1 Å². The van der Waals surface area contributed by atoms with Crippen LogP contribution in [0.5, 0.6) is 11.5 Å². The van der Waals surface area contributed by atoms with E-state index in [2.05, 4.69) is 24.7 Å². The Kier molecular flexibility index (Phi) is 5.86. The van der Waals surface area contributed by atoms with Crippen LogP contribution in [0.2, 0.25) is 0 Å². The number of carbonyl (C=O) groups is 1. The van der Waals surface area contributed by atoms with Gasteiger partial charge in [0, 0.05) is 5.41 Å². The van der Waals surface area contributed by atoms with E-state index >= 15 is 0 Å². The SMILES string of the molecule is COc1cc(/C=C2\C[C@H]3[C@@H]4CC=C5C[C@H](O)CC[C@]5(C)[C@H]4CC[C@]3(C)C2=O)ccc1OC(F)F. The first-order chi connectivity index (χ1) is 16.2. The number of carbonyl (C=O) groups excluding carboxylic acids is 1. The van der Waals surface area contributed by atoms with Crippen LogP contribution in [-0.4, -0.2) is 30.7 Å². The van der Waals surface area contributed by atoms with Crippen molar-refractivity contribution in [3.8, 4) is 11.5 Å². The van der Waals surface area contributed by atoms with Crippen LogP contribution < -0.4 is 9.47 Å². The third kappa shape index (κ3) is 3.69. The van der Waals surface area contributed by atoms with Gasteiger partial charge in [0.2, 0.25) is 0 Å². The summed E-state index contributed by atoms with van der Waals surface area (Å²) in [5, 5.41) is 10.2. The van der Waals surface area contributed by atoms with Gasteiger partial charge in [-0.05, 0) is 97.5 Å². The normalized spacial score (nSPS) is 38.3. The first-order valence-electron chi connectivity index (χ1n) is 12.4. The van der Waals surface area contributed by atoms with Gasteiger partial charge in [-0.3, -0.25) is 4.79 Å². The van der Waals surface area contributed by atoms with Gasteiger partial charge in [0.1, 0.15) is 0 Å². The minimum absolute atomic E-state index is 0.0171. The van der Waals surface area contributed by atoms with Crippen molar-refractivity contribution in [2.24, 2.45) is 28.6 Å². The molecule has 1 aromatic carbocycles. The zero-order chi connectivity index (χ0) is 24.3. The van der Waals surface area contributed by atoms with E-state index in [1.807, 2.05) is 6.08 Å². The zero-order valence-electron chi connectivity index (χ0n) is 20.2. The van der Waals surface area contributed by atoms with Crippen molar-refractivity contribution in [3.63, 3.8) is 0 Å². The Morgan fingerprint density at radius 2 is 1.85 bits per heavy atom. The third-order valence-electron chi connectivity index (χ3n) is 9.46. The van der Waals surface area contributed by atoms with Gasteiger partial charge in [0.05, 0.1) is 13.2 Å². The fourth-order valence-corrected chi connectivity index (χ4v) is 7.61. The molecule has 1 N–H and O–H groups in total. The average molecular weight is 473 g/mol. The lowest BCUT2D eigenvalue weighted by atomic mass is 9.48. The Morgan fingerprint density at radius 1 is 1.09 bits per heavy atom. The maximum absolute atomic E-state index is 13.6. The molecular formula is C28H34F2O4. The summed E-state index contributed by atoms with van der Waals surface area (Å²) in [4.78, 5) is 13.6. The first-order valence-corrected chi connectivity index (χ1v) is 12.4. The molecule has 6 atom stereocenters. The fraction of sp³-hybridized carbons (Fsp3) is 0.607. The minimum atomic E-state index is -2.93. The molecule has 0 spiro atoms. The number of rotatable bonds is 4. The molecule has 5 rings (SSSR count). The van der Waals surface area contributed by atoms with Gasteiger partial charge >= 0.3 is 6.61 Å². The number of ether oxygens (including phenoxy) is 2. The van der Waals surface area contributed by atoms with Crippen molar-refractivity contribution in [1.29, 1.82) is 0 Å². The van der Waals surface area contributed by atoms with E-state index in [-0.39, 0.29) is 34.2 Å². The number of benzene rings is 1. The maximum Gasteiger partial charge on any atom is 0.387 e. The zero-order valence-corrected chi connectivity index (χ0v) is 20.2. The Balaban J connectivity index is 1.43. The summed E-state index contributed by atoms with van der Waals surface area (Å²) in [6.07, 6.45) is 10.4. The summed E-state index contributed by atoms with van der Waals surface area (Å²) in [6, 6.07) is 4.81. The van der Waals surface area contributed by atoms with Crippen LogP contribution in [-0.2, 0) is 4.79 Å². The molecule has 0 saturated heterocycles. The largest absolute Gasteiger partial charge is 0.493 e. The van der Waals surface area contributed by atoms with E-state index in [1.165, 1.54) is 18.7 Å². The molecule has 4 nitrogen and oxygen atoms in total. The molecule has 184 valence electrons. The third-order valence-corrected chi connectivity index (χ3v) is 9.46. The molecule has 3 fully saturated rings. The van der Waals surface area contributed by atoms with Gasteiger partial charge in [-0.25, -0.2) is 0 Å². The second-order valence-electron chi connectivity index (χ2n) is 11.1. The number of allylic oxidation sites excluding steroid dienone is 2. The van der Waals surface area contributed by atoms with E-state index in [0.29, 0.717) is 17.8 Å². The number of hydrogen-bond donors (Lipinski definition) is 1. The van der Waals surface area contributed by atoms with Crippen molar-refractivity contribution < 1.29 is 28.2 Å². The number of aliphatic hydroxyl groups excluding tert-OH is 1. The molecule has 1 aromatic rings. The van der Waals surface area contributed by atoms with E-state index in [4.69, 9.17) is 4.74 Å². The smallest absolute Gasteiger partial charge is 0.387 e. The van der Waals surface area contributed by atoms with Crippen LogP contribution in [0.3, 0.4) is 0 Å². The molecule has 0 unspecified atom stereocenters. The number of Topliss-reactive ketones (excluding diaryl/α,β-unsaturated/α-hetero) is 1. The highest BCUT2D eigenvalue weighted by atomic mass is 19.3. The number of aliphatic hydroxyl groups is 1. The van der Waals surface area contributed by atoms with Gasteiger partial charge in [0.25, 0.3) is 0 Å². The van der Waals surface area contributed by atoms with Crippen LogP contribution in [0, 0.1) is 28.6 Å². The lowest BCUT2D eigenvalue weighted by Crippen LogP contribution is -2.50. The standard InChI is InChI=1S/C28H34F2O4/c1-27-10-8-19(31)15-18(27)5-6-20-21(27)9-11-28(2)22(20)14-17(25(28)32)12-16-4-7-23(34-26(29)30)24(13-16)33-3/h4-5,7,12-13,19-22,26,31H,6,8-11,14-15H2,1-3H3/b17-12+/t19-,20-,21+,22+,27+,28+/m1/s1. The van der Waals surface area contributed by atoms with Crippen LogP contribution in [0.25, 0.3) is 6.08 Å². The van der Waals surface area contributed by atoms with Gasteiger partial charge in [-0.15, -0.1) is 0 Å². The number of halogens is 2. The Bertz CT molecular complexity index is 1050. The number of ketones is 1. The summed E-state index contributed by atoms with van der Waals surface area (Å²) in [5.74, 6) is 1.75. The van der Waals surface area contributed by atoms with Crippen LogP contribution in [0.4, 0.5) is 8.78 Å². The summed E-state index contributed by atoms with van der Waals surface area (Å²) in [7, 11) is 1.41. The molecule has 3 saturated carbocycles. The Morgan fingerprint density at radius 3 is 2.59 bits per heavy atom. The first kappa shape index (κ1) is 23.5. The van der Waals surface area contributed by atoms with Crippen molar-refractivity contribution in [2.75, 3.05) is 7.11 Å². The number of fused-ring (bicyclic) bond motifs is 5. The molecule has 4 aliphatic rings. The summed E-state index contributed by atoms with van der Waals surface area (Å²) in [6.45, 7) is 1.60. The van der Waals surface area contributed by atoms with Crippen molar-refractivity contribution in [3.05, 3.63) is 41.0 Å². The molecule has 0 heterocycles. The molecular weight excluding hydrogens is 438 g/mol. The molecule has 4 aliphatic carbocycles. The molecule has 0 aliphatic heterocycles. The predicted molar refractivity (Wildman–Crippen MR) is 126 cm³/mol. The molecule has 34 heavy (non-hydrogen) atoms. The summed E-state index contributed by atoms with van der Waals surface area (Å²) in [5.41, 5.74) is 2.77. The molecule has 6 heteroatoms. The molecule has 0 bridgehead atoms. The minimum Gasteiger partial charge on any atom is -0.493 e. The molecule has 0 aromatic heterocycles. The van der Waals surface area contributed by atoms with Gasteiger partial charge in [-0.1, -0.05) is 31.6 Å². The highest BCUT2D eigenvalue weighted by Crippen LogP contribution is 2.64. The van der Waals surface area contributed by atoms with Crippen molar-refractivity contribution in [2.45, 2.75) is 71.5 Å². The van der Waals surface area contributed by atoms with Crippen LogP contribution in [0.1, 0.15) is 64.4 Å². The number of hydrogen-bond acceptors (Lipinski definition) is 4. The maximum atomic E-state index is 13.6. The van der Waals surface area contributed by atoms with E-state index in [9.17, 15) is 18.7 Å². The summed E-state index contributed by atoms with van der Waals surface area (Å²) < 4.78 is 35.1. The molecule has 0 amide bonds. The topological polar surface area (TPSA) is 55.8 Å². The van der Waals surface area contributed by atoms with E-state index < -0.39 is 6.61 Å². The monoisotopic (exact) mass is 472 g/mol. The second kappa shape index (κ2) is 8.47. The van der Waals surface area contributed by atoms with Gasteiger partial charge < -0.3 is 14.6 Å². The number of alkyl halides is 2. The van der Waals surface area contributed by atoms with Gasteiger partial charge in [0.15, 0.2) is 17.3 Å². The second-order valence-corrected chi connectivity index (χ2v) is 11.1. The van der Waals surface area contributed by atoms with Crippen molar-refractivity contribution in [1.82, 2.24) is 0 Å². The van der Waals surface area contributed by atoms with Crippen LogP contribution in [0.15, 0.2) is 35.4 Å². The van der Waals surface area contributed by atoms with Gasteiger partial charge in [-0.2, -0.15) is 8.78 Å². The lowest BCUT2D eigenvalue weighted by molar-refractivity contribution is -0.130. The number of methoxy groups -OCH3 is 1. The fourth-order valence-electron chi connectivity index (χ4n) is 7.61. The van der Waals surface area contributed by atoms with Crippen molar-refractivity contribution >= 4 is 11.9 Å². The lowest BCUT2D eigenvalue weighted by Gasteiger charge is -2.56. The van der Waals surface area contributed by atoms with Crippen LogP contribution >= 0.6 is 0 Å². The molecule has 0 radical (unpaired) electrons. The predicted octanol–water partition coefficient (Wildman–Crippen LogP) is 6.18. The quantitative estimate of drug-likeness (QED) is 0.420. The highest BCUT2D eigenvalue weighted by molar-refractivity contribution is 6.06. The Labute approximate surface area is 200 Å². The highest BCUT2D eigenvalue weighted by Gasteiger charge is 2.59. The average Bonchev–Trinajstić information content (AvgIpc) is 3.05.